The summed E-state index contributed by atoms with van der Waals surface area (Å²) in [7, 11) is 1.43. The van der Waals surface area contributed by atoms with Gasteiger partial charge in [0, 0.05) is 30.6 Å². The van der Waals surface area contributed by atoms with E-state index in [0.29, 0.717) is 50.2 Å². The smallest absolute Gasteiger partial charge is 0.404 e. The molecule has 3 rings (SSSR count). The molecule has 244 valence electrons. The maximum Gasteiger partial charge on any atom is 0.404 e. The molecule has 2 aromatic rings. The van der Waals surface area contributed by atoms with E-state index in [2.05, 4.69) is 10.3 Å². The van der Waals surface area contributed by atoms with Gasteiger partial charge >= 0.3 is 6.09 Å². The van der Waals surface area contributed by atoms with Gasteiger partial charge in [0.05, 0.1) is 71.6 Å². The molecule has 3 amide bonds. The van der Waals surface area contributed by atoms with Crippen molar-refractivity contribution < 1.29 is 52.3 Å². The van der Waals surface area contributed by atoms with Gasteiger partial charge in [0.25, 0.3) is 11.8 Å². The molecule has 0 radical (unpaired) electrons. The van der Waals surface area contributed by atoms with Crippen LogP contribution in [0.25, 0.3) is 10.8 Å². The van der Waals surface area contributed by atoms with Crippen LogP contribution in [0.4, 0.5) is 9.18 Å². The van der Waals surface area contributed by atoms with Gasteiger partial charge in [-0.25, -0.2) is 14.2 Å². The zero-order chi connectivity index (χ0) is 31.9. The van der Waals surface area contributed by atoms with Crippen molar-refractivity contribution in [2.24, 2.45) is 11.7 Å². The van der Waals surface area contributed by atoms with Crippen molar-refractivity contribution in [3.63, 3.8) is 0 Å². The molecule has 1 aromatic heterocycles. The Labute approximate surface area is 254 Å². The minimum absolute atomic E-state index is 0.0179. The first-order valence-electron chi connectivity index (χ1n) is 14.4. The molecule has 44 heavy (non-hydrogen) atoms. The number of nitrogens with two attached hydrogens (primary N) is 1. The molecule has 0 saturated carbocycles. The van der Waals surface area contributed by atoms with Gasteiger partial charge in [-0.2, -0.15) is 0 Å². The van der Waals surface area contributed by atoms with Crippen molar-refractivity contribution in [2.75, 3.05) is 79.7 Å². The van der Waals surface area contributed by atoms with Crippen LogP contribution in [-0.2, 0) is 23.7 Å². The Hall–Kier alpha value is -3.79. The van der Waals surface area contributed by atoms with Crippen molar-refractivity contribution in [3.05, 3.63) is 30.0 Å². The van der Waals surface area contributed by atoms with Gasteiger partial charge < -0.3 is 49.5 Å². The number of carbonyl (C=O) groups excluding carboxylic acids is 2. The number of aromatic nitrogens is 1. The summed E-state index contributed by atoms with van der Waals surface area (Å²) in [5, 5.41) is 11.9. The zero-order valence-electron chi connectivity index (χ0n) is 25.0. The number of nitrogens with one attached hydrogen (secondary N) is 1. The Morgan fingerprint density at radius 3 is 2.27 bits per heavy atom. The lowest BCUT2D eigenvalue weighted by Gasteiger charge is -2.27. The average Bonchev–Trinajstić information content (AvgIpc) is 3.24. The fraction of sp³-hybridized carbons (Fsp3) is 0.586. The molecule has 3 atom stereocenters. The predicted octanol–water partition coefficient (Wildman–Crippen LogP) is 1.63. The maximum absolute atomic E-state index is 15.0. The number of carboxylic acid groups (broad SMARTS) is 1. The monoisotopic (exact) mass is 624 g/mol. The molecule has 1 fully saturated rings. The lowest BCUT2D eigenvalue weighted by atomic mass is 9.96. The number of nitrogens with zero attached hydrogens (tertiary/aromatic N) is 2. The second-order valence-electron chi connectivity index (χ2n) is 9.82. The number of hydrogen-bond acceptors (Lipinski definition) is 10. The highest BCUT2D eigenvalue weighted by Crippen LogP contribution is 2.34. The van der Waals surface area contributed by atoms with Crippen LogP contribution >= 0.6 is 0 Å². The Kier molecular flexibility index (Phi) is 14.3. The SMILES string of the molecule is CC[C@@H]1[C@H](F)C(=O)N(CCOCCOCCOCCOCCNC(=O)O)[C@@H]1COc1nccc2cc(C(N)=O)c(OC)cc12. The standard InChI is InChI=1S/C29H41FN4O10/c1-3-20-23(18-44-27-21-17-24(39-2)22(26(31)35)16-19(21)4-5-32-27)34(28(36)25(20)30)7-9-41-11-13-43-15-14-42-12-10-40-8-6-33-29(37)38/h4-5,16-17,20,23,25,33H,3,6-15,18H2,1-2H3,(H2,31,35)(H,37,38)/t20-,23+,25-/m0/s1. The molecule has 0 aliphatic carbocycles. The van der Waals surface area contributed by atoms with Crippen molar-refractivity contribution in [3.8, 4) is 11.6 Å². The van der Waals surface area contributed by atoms with E-state index in [4.69, 9.17) is 39.3 Å². The van der Waals surface area contributed by atoms with E-state index in [-0.39, 0.29) is 56.7 Å². The van der Waals surface area contributed by atoms with Crippen molar-refractivity contribution in [1.29, 1.82) is 0 Å². The number of rotatable bonds is 21. The summed E-state index contributed by atoms with van der Waals surface area (Å²) in [4.78, 5) is 40.7. The van der Waals surface area contributed by atoms with Gasteiger partial charge in [0.1, 0.15) is 12.4 Å². The first-order valence-corrected chi connectivity index (χ1v) is 14.4. The summed E-state index contributed by atoms with van der Waals surface area (Å²) >= 11 is 0. The maximum atomic E-state index is 15.0. The number of benzene rings is 1. The van der Waals surface area contributed by atoms with E-state index in [0.717, 1.165) is 0 Å². The van der Waals surface area contributed by atoms with Gasteiger partial charge in [-0.3, -0.25) is 9.59 Å². The Morgan fingerprint density at radius 2 is 1.68 bits per heavy atom. The van der Waals surface area contributed by atoms with Crippen LogP contribution in [0.5, 0.6) is 11.6 Å². The summed E-state index contributed by atoms with van der Waals surface area (Å²) in [5.41, 5.74) is 5.70. The number of halogens is 1. The van der Waals surface area contributed by atoms with Gasteiger partial charge in [0.15, 0.2) is 6.17 Å². The van der Waals surface area contributed by atoms with Crippen molar-refractivity contribution >= 4 is 28.7 Å². The van der Waals surface area contributed by atoms with E-state index in [9.17, 15) is 18.8 Å². The van der Waals surface area contributed by atoms with E-state index in [1.165, 1.54) is 18.2 Å². The minimum atomic E-state index is -1.64. The fourth-order valence-corrected chi connectivity index (χ4v) is 4.87. The number of primary amides is 1. The number of alkyl halides is 1. The second kappa shape index (κ2) is 18.1. The number of carbonyl (C=O) groups is 3. The fourth-order valence-electron chi connectivity index (χ4n) is 4.87. The van der Waals surface area contributed by atoms with Crippen LogP contribution in [0.2, 0.25) is 0 Å². The first-order chi connectivity index (χ1) is 21.3. The third-order valence-corrected chi connectivity index (χ3v) is 7.08. The van der Waals surface area contributed by atoms with Gasteiger partial charge in [-0.05, 0) is 30.0 Å². The molecule has 0 bridgehead atoms. The molecule has 14 nitrogen and oxygen atoms in total. The highest BCUT2D eigenvalue weighted by Gasteiger charge is 2.47. The Bertz CT molecular complexity index is 1240. The van der Waals surface area contributed by atoms with E-state index in [1.54, 1.807) is 18.2 Å². The van der Waals surface area contributed by atoms with Gasteiger partial charge in [-0.1, -0.05) is 6.92 Å². The molecule has 1 aliphatic rings. The van der Waals surface area contributed by atoms with Crippen LogP contribution in [0.15, 0.2) is 24.4 Å². The predicted molar refractivity (Wildman–Crippen MR) is 156 cm³/mol. The lowest BCUT2D eigenvalue weighted by molar-refractivity contribution is -0.134. The molecule has 0 spiro atoms. The summed E-state index contributed by atoms with van der Waals surface area (Å²) in [6, 6.07) is 4.40. The van der Waals surface area contributed by atoms with Crippen LogP contribution in [-0.4, -0.2) is 125 Å². The molecular weight excluding hydrogens is 583 g/mol. The first kappa shape index (κ1) is 34.7. The largest absolute Gasteiger partial charge is 0.496 e. The Balaban J connectivity index is 1.42. The molecule has 1 saturated heterocycles. The highest BCUT2D eigenvalue weighted by molar-refractivity contribution is 6.01. The molecule has 0 unspecified atom stereocenters. The summed E-state index contributed by atoms with van der Waals surface area (Å²) in [6.07, 6.45) is -0.753. The van der Waals surface area contributed by atoms with Crippen molar-refractivity contribution in [2.45, 2.75) is 25.6 Å². The third kappa shape index (κ3) is 9.87. The number of pyridine rings is 1. The number of likely N-dealkylation sites (tertiary alicyclic amines) is 1. The number of amides is 3. The summed E-state index contributed by atoms with van der Waals surface area (Å²) in [5.74, 6) is -1.24. The van der Waals surface area contributed by atoms with E-state index < -0.39 is 36.0 Å². The van der Waals surface area contributed by atoms with E-state index in [1.807, 2.05) is 6.92 Å². The number of fused-ring (bicyclic) bond motifs is 1. The highest BCUT2D eigenvalue weighted by atomic mass is 19.1. The number of methoxy groups -OCH3 is 1. The van der Waals surface area contributed by atoms with Crippen LogP contribution in [0, 0.1) is 5.92 Å². The molecule has 2 heterocycles. The normalized spacial score (nSPS) is 18.1. The molecule has 1 aromatic carbocycles. The van der Waals surface area contributed by atoms with Crippen LogP contribution in [0.1, 0.15) is 23.7 Å². The topological polar surface area (TPSA) is 181 Å². The van der Waals surface area contributed by atoms with Gasteiger partial charge in [-0.15, -0.1) is 0 Å². The van der Waals surface area contributed by atoms with Crippen LogP contribution in [0.3, 0.4) is 0 Å². The van der Waals surface area contributed by atoms with Gasteiger partial charge in [0.2, 0.25) is 5.88 Å². The number of ether oxygens (including phenoxy) is 6. The Morgan fingerprint density at radius 1 is 1.05 bits per heavy atom. The van der Waals surface area contributed by atoms with Crippen LogP contribution < -0.4 is 20.5 Å². The quantitative estimate of drug-likeness (QED) is 0.172. The summed E-state index contributed by atoms with van der Waals surface area (Å²) < 4.78 is 48.0. The van der Waals surface area contributed by atoms with Crippen molar-refractivity contribution in [1.82, 2.24) is 15.2 Å². The average molecular weight is 625 g/mol. The molecule has 4 N–H and O–H groups in total. The number of hydrogen-bond donors (Lipinski definition) is 3. The third-order valence-electron chi connectivity index (χ3n) is 7.08. The molecule has 1 aliphatic heterocycles. The minimum Gasteiger partial charge on any atom is -0.496 e. The second-order valence-corrected chi connectivity index (χ2v) is 9.82. The molecule has 15 heteroatoms. The lowest BCUT2D eigenvalue weighted by Crippen LogP contribution is -2.41. The van der Waals surface area contributed by atoms with E-state index >= 15 is 0 Å². The zero-order valence-corrected chi connectivity index (χ0v) is 25.0. The summed E-state index contributed by atoms with van der Waals surface area (Å²) in [6.45, 7) is 4.73. The molecular formula is C29H41FN4O10.